The highest BCUT2D eigenvalue weighted by atomic mass is 19.4. The molecule has 1 aromatic carbocycles. The molecule has 138 valence electrons. The molecule has 3 atom stereocenters. The number of benzene rings is 1. The van der Waals surface area contributed by atoms with Crippen LogP contribution in [-0.2, 0) is 0 Å². The van der Waals surface area contributed by atoms with Crippen molar-refractivity contribution in [3.05, 3.63) is 72.2 Å². The minimum Gasteiger partial charge on any atom is -0.465 e. The first-order chi connectivity index (χ1) is 12.9. The van der Waals surface area contributed by atoms with E-state index in [-0.39, 0.29) is 29.4 Å². The van der Waals surface area contributed by atoms with E-state index in [4.69, 9.17) is 4.42 Å². The van der Waals surface area contributed by atoms with Gasteiger partial charge in [0.1, 0.15) is 11.5 Å². The Labute approximate surface area is 152 Å². The molecular formula is C20H14F3NO3. The van der Waals surface area contributed by atoms with E-state index in [1.165, 1.54) is 12.1 Å². The minimum atomic E-state index is -4.75. The van der Waals surface area contributed by atoms with Gasteiger partial charge in [0, 0.05) is 11.5 Å². The van der Waals surface area contributed by atoms with Gasteiger partial charge in [-0.2, -0.15) is 0 Å². The quantitative estimate of drug-likeness (QED) is 0.714. The number of furan rings is 1. The highest BCUT2D eigenvalue weighted by molar-refractivity contribution is 6.09. The molecule has 1 saturated carbocycles. The molecule has 0 spiro atoms. The van der Waals surface area contributed by atoms with Crippen LogP contribution >= 0.6 is 0 Å². The Morgan fingerprint density at radius 3 is 2.59 bits per heavy atom. The summed E-state index contributed by atoms with van der Waals surface area (Å²) in [5.74, 6) is -0.0314. The molecule has 7 heteroatoms. The SMILES string of the molecule is O=C(c1ccc(OC(F)(F)F)cc1)C1C2C=CC(/C=C/c3ccco3)=NC21. The first-order valence-electron chi connectivity index (χ1n) is 8.28. The second kappa shape index (κ2) is 6.57. The number of fused-ring (bicyclic) bond motifs is 1. The number of hydrogen-bond acceptors (Lipinski definition) is 4. The van der Waals surface area contributed by atoms with Crippen LogP contribution in [0.4, 0.5) is 13.2 Å². The summed E-state index contributed by atoms with van der Waals surface area (Å²) in [6.07, 6.45) is 4.24. The van der Waals surface area contributed by atoms with Crippen molar-refractivity contribution in [2.75, 3.05) is 0 Å². The Morgan fingerprint density at radius 1 is 1.15 bits per heavy atom. The van der Waals surface area contributed by atoms with Crippen LogP contribution in [0.3, 0.4) is 0 Å². The van der Waals surface area contributed by atoms with Crippen molar-refractivity contribution >= 4 is 17.6 Å². The van der Waals surface area contributed by atoms with E-state index in [1.807, 2.05) is 24.3 Å². The fourth-order valence-corrected chi connectivity index (χ4v) is 3.14. The number of nitrogens with zero attached hydrogens (tertiary/aromatic N) is 1. The number of carbonyl (C=O) groups is 1. The van der Waals surface area contributed by atoms with Crippen LogP contribution in [0.15, 0.2) is 70.3 Å². The van der Waals surface area contributed by atoms with E-state index in [1.54, 1.807) is 18.4 Å². The number of halogens is 3. The van der Waals surface area contributed by atoms with Crippen molar-refractivity contribution in [1.82, 2.24) is 0 Å². The smallest absolute Gasteiger partial charge is 0.465 e. The largest absolute Gasteiger partial charge is 0.573 e. The number of ketones is 1. The average Bonchev–Trinajstić information content (AvgIpc) is 3.08. The lowest BCUT2D eigenvalue weighted by molar-refractivity contribution is -0.274. The molecule has 1 aromatic heterocycles. The highest BCUT2D eigenvalue weighted by Gasteiger charge is 2.54. The van der Waals surface area contributed by atoms with E-state index >= 15 is 0 Å². The Hall–Kier alpha value is -3.09. The number of aliphatic imine (C=N–C) groups is 1. The zero-order valence-electron chi connectivity index (χ0n) is 13.9. The Kier molecular flexibility index (Phi) is 4.22. The minimum absolute atomic E-state index is 0.0318. The second-order valence-electron chi connectivity index (χ2n) is 6.29. The summed E-state index contributed by atoms with van der Waals surface area (Å²) in [5.41, 5.74) is 1.09. The summed E-state index contributed by atoms with van der Waals surface area (Å²) in [4.78, 5) is 17.2. The van der Waals surface area contributed by atoms with Crippen molar-refractivity contribution in [1.29, 1.82) is 0 Å². The van der Waals surface area contributed by atoms with Crippen molar-refractivity contribution in [2.24, 2.45) is 16.8 Å². The van der Waals surface area contributed by atoms with Crippen molar-refractivity contribution in [3.8, 4) is 5.75 Å². The molecule has 0 radical (unpaired) electrons. The van der Waals surface area contributed by atoms with Gasteiger partial charge in [-0.1, -0.05) is 6.08 Å². The zero-order valence-corrected chi connectivity index (χ0v) is 13.9. The Bertz CT molecular complexity index is 924. The topological polar surface area (TPSA) is 51.8 Å². The lowest BCUT2D eigenvalue weighted by Crippen LogP contribution is -2.17. The number of alkyl halides is 3. The molecule has 1 aliphatic carbocycles. The summed E-state index contributed by atoms with van der Waals surface area (Å²) < 4.78 is 45.7. The van der Waals surface area contributed by atoms with E-state index in [9.17, 15) is 18.0 Å². The van der Waals surface area contributed by atoms with Gasteiger partial charge in [-0.25, -0.2) is 0 Å². The van der Waals surface area contributed by atoms with Crippen LogP contribution in [0.2, 0.25) is 0 Å². The maximum absolute atomic E-state index is 12.6. The molecule has 1 aliphatic heterocycles. The standard InChI is InChI=1S/C20H14F3NO3/c21-20(22,23)27-15-7-3-12(4-8-15)19(25)17-16-10-6-13(24-18(16)17)5-9-14-2-1-11-26-14/h1-11,16-18H/b9-5+. The number of Topliss-reactive ketones (excluding diaryl/α,β-unsaturated/α-hetero) is 1. The van der Waals surface area contributed by atoms with Crippen molar-refractivity contribution in [2.45, 2.75) is 12.4 Å². The number of rotatable bonds is 5. The monoisotopic (exact) mass is 373 g/mol. The summed E-state index contributed by atoms with van der Waals surface area (Å²) >= 11 is 0. The molecule has 0 saturated heterocycles. The molecule has 0 amide bonds. The normalized spacial score (nSPS) is 23.8. The summed E-state index contributed by atoms with van der Waals surface area (Å²) in [6, 6.07) is 8.45. The first-order valence-corrected chi connectivity index (χ1v) is 8.28. The number of carbonyl (C=O) groups excluding carboxylic acids is 1. The van der Waals surface area contributed by atoms with E-state index in [0.717, 1.165) is 17.8 Å². The average molecular weight is 373 g/mol. The van der Waals surface area contributed by atoms with Crippen LogP contribution in [0, 0.1) is 11.8 Å². The van der Waals surface area contributed by atoms with Gasteiger partial charge in [0.2, 0.25) is 0 Å². The Balaban J connectivity index is 1.42. The van der Waals surface area contributed by atoms with Gasteiger partial charge in [0.15, 0.2) is 5.78 Å². The summed E-state index contributed by atoms with van der Waals surface area (Å²) in [7, 11) is 0. The maximum atomic E-state index is 12.6. The van der Waals surface area contributed by atoms with Gasteiger partial charge in [-0.15, -0.1) is 13.2 Å². The molecule has 2 aliphatic rings. The fraction of sp³-hybridized carbons (Fsp3) is 0.200. The number of hydrogen-bond donors (Lipinski definition) is 0. The molecule has 4 rings (SSSR count). The predicted molar refractivity (Wildman–Crippen MR) is 92.5 cm³/mol. The van der Waals surface area contributed by atoms with E-state index in [0.29, 0.717) is 11.3 Å². The van der Waals surface area contributed by atoms with Gasteiger partial charge in [0.25, 0.3) is 0 Å². The first kappa shape index (κ1) is 17.3. The van der Waals surface area contributed by atoms with E-state index < -0.39 is 6.36 Å². The third-order valence-corrected chi connectivity index (χ3v) is 4.46. The van der Waals surface area contributed by atoms with Gasteiger partial charge in [-0.3, -0.25) is 9.79 Å². The van der Waals surface area contributed by atoms with E-state index in [2.05, 4.69) is 9.73 Å². The highest BCUT2D eigenvalue weighted by Crippen LogP contribution is 2.47. The molecule has 4 nitrogen and oxygen atoms in total. The molecule has 0 bridgehead atoms. The molecular weight excluding hydrogens is 359 g/mol. The summed E-state index contributed by atoms with van der Waals surface area (Å²) in [6.45, 7) is 0. The lowest BCUT2D eigenvalue weighted by Gasteiger charge is -2.08. The van der Waals surface area contributed by atoms with Crippen molar-refractivity contribution < 1.29 is 27.1 Å². The zero-order chi connectivity index (χ0) is 19.0. The molecule has 2 aromatic rings. The van der Waals surface area contributed by atoms with Crippen LogP contribution in [-0.4, -0.2) is 23.9 Å². The van der Waals surface area contributed by atoms with Gasteiger partial charge in [0.05, 0.1) is 23.9 Å². The third-order valence-electron chi connectivity index (χ3n) is 4.46. The molecule has 1 fully saturated rings. The second-order valence-corrected chi connectivity index (χ2v) is 6.29. The number of dihydropyridines is 1. The lowest BCUT2D eigenvalue weighted by atomic mass is 10.1. The molecule has 0 N–H and O–H groups in total. The third kappa shape index (κ3) is 3.86. The maximum Gasteiger partial charge on any atom is 0.573 e. The number of allylic oxidation sites excluding steroid dienone is 2. The predicted octanol–water partition coefficient (Wildman–Crippen LogP) is 4.70. The van der Waals surface area contributed by atoms with Crippen LogP contribution < -0.4 is 4.74 Å². The van der Waals surface area contributed by atoms with Gasteiger partial charge in [-0.05, 0) is 54.6 Å². The number of ether oxygens (including phenoxy) is 1. The fourth-order valence-electron chi connectivity index (χ4n) is 3.14. The van der Waals surface area contributed by atoms with Gasteiger partial charge >= 0.3 is 6.36 Å². The van der Waals surface area contributed by atoms with Crippen LogP contribution in [0.25, 0.3) is 6.08 Å². The van der Waals surface area contributed by atoms with Gasteiger partial charge < -0.3 is 9.15 Å². The molecule has 27 heavy (non-hydrogen) atoms. The summed E-state index contributed by atoms with van der Waals surface area (Å²) in [5, 5.41) is 0. The molecule has 3 unspecified atom stereocenters. The van der Waals surface area contributed by atoms with Crippen molar-refractivity contribution in [3.63, 3.8) is 0 Å². The van der Waals surface area contributed by atoms with Crippen LogP contribution in [0.1, 0.15) is 16.1 Å². The van der Waals surface area contributed by atoms with Crippen LogP contribution in [0.5, 0.6) is 5.75 Å². The molecule has 2 heterocycles. The Morgan fingerprint density at radius 2 is 1.93 bits per heavy atom.